The number of benzene rings is 3. The number of fused-ring (bicyclic) bond motifs is 4. The number of rotatable bonds is 11. The molecule has 1 N–H and O–H groups in total. The zero-order valence-electron chi connectivity index (χ0n) is 38.2. The number of nitrogens with zero attached hydrogens (tertiary/aromatic N) is 4. The molecule has 20 heteroatoms. The van der Waals surface area contributed by atoms with Gasteiger partial charge in [0.15, 0.2) is 46.9 Å². The fourth-order valence-electron chi connectivity index (χ4n) is 8.78. The van der Waals surface area contributed by atoms with Crippen LogP contribution in [-0.2, 0) is 62.4 Å². The smallest absolute Gasteiger partial charge is 0.276 e. The van der Waals surface area contributed by atoms with Gasteiger partial charge in [0.25, 0.3) is 11.8 Å². The maximum atomic E-state index is 14.1. The van der Waals surface area contributed by atoms with E-state index >= 15 is 0 Å². The Bertz CT molecular complexity index is 2900. The summed E-state index contributed by atoms with van der Waals surface area (Å²) in [4.78, 5) is 81.4. The van der Waals surface area contributed by atoms with Gasteiger partial charge < -0.3 is 45.7 Å². The van der Waals surface area contributed by atoms with Crippen LogP contribution >= 0.6 is 24.0 Å². The van der Waals surface area contributed by atoms with E-state index < -0.39 is 75.7 Å². The molecule has 4 aliphatic heterocycles. The summed E-state index contributed by atoms with van der Waals surface area (Å²) >= 11 is 0. The van der Waals surface area contributed by atoms with Crippen LogP contribution in [0.2, 0.25) is 0 Å². The quantitative estimate of drug-likeness (QED) is 0.0463. The van der Waals surface area contributed by atoms with E-state index in [4.69, 9.17) is 14.2 Å². The van der Waals surface area contributed by atoms with E-state index in [2.05, 4.69) is 0 Å². The first-order valence-electron chi connectivity index (χ1n) is 21.8. The average molecular weight is 1180 g/mol. The number of amides is 2. The molecule has 2 amide bonds. The largest absolute Gasteiger partial charge is 0.503 e. The molecule has 0 saturated carbocycles. The molecular formula is C50H50F4IN4O10Pd-. The topological polar surface area (TPSA) is 167 Å². The molecule has 3 aromatic carbocycles. The number of carbonyl (C=O) groups excluding carboxylic acids is 4. The number of aryl methyl sites for hydroxylation is 2. The monoisotopic (exact) mass is 1180 g/mol. The molecule has 2 fully saturated rings. The van der Waals surface area contributed by atoms with Gasteiger partial charge in [-0.15, -0.1) is 24.0 Å². The standard InChI is InChI=1S/C28H26F2N2O5.C21H20F2N2O5.CH3.HI.Pd/c1-17-11-12-36-24-15-31-14-21(23(33)10-8-19-7-9-20(29)13-22(19)30)26(34)27(25(31)28(35)32(17)24)37-16-18-5-3-2-4-6-18;1-11-6-7-30-17-10-24-9-14(19(27)20(28)18(24)21(29)25(11)17)16(26)5-3-12-2-4-13(22)8-15(12)23;;;/h2-7,9,13-14,17,24H,8,10-12,15-16H2,1H3;2,4,8-9,11,17,28H,3,5-7,10H2,1H3;1H3;1H;/q;;-1;;/t17-,24+;11-,17+;;;/m11.../s1. The van der Waals surface area contributed by atoms with Gasteiger partial charge in [0.05, 0.1) is 37.4 Å². The predicted molar refractivity (Wildman–Crippen MR) is 254 cm³/mol. The second kappa shape index (κ2) is 23.6. The van der Waals surface area contributed by atoms with Crippen molar-refractivity contribution in [2.45, 2.75) is 96.6 Å². The van der Waals surface area contributed by atoms with Crippen LogP contribution in [0.1, 0.15) is 97.9 Å². The minimum absolute atomic E-state index is 0. The summed E-state index contributed by atoms with van der Waals surface area (Å²) in [6.45, 7) is 5.21. The molecule has 376 valence electrons. The Kier molecular flexibility index (Phi) is 18.7. The van der Waals surface area contributed by atoms with Crippen molar-refractivity contribution in [3.8, 4) is 11.5 Å². The van der Waals surface area contributed by atoms with Crippen LogP contribution in [0.3, 0.4) is 0 Å². The summed E-state index contributed by atoms with van der Waals surface area (Å²) in [6.07, 6.45) is 2.42. The predicted octanol–water partition coefficient (Wildman–Crippen LogP) is 7.42. The number of halogens is 5. The molecule has 0 unspecified atom stereocenters. The van der Waals surface area contributed by atoms with Gasteiger partial charge in [0.2, 0.25) is 10.9 Å². The van der Waals surface area contributed by atoms with E-state index in [1.165, 1.54) is 34.0 Å². The number of Topliss-reactive ketones (excluding diaryl/α,β-unsaturated/α-hetero) is 2. The van der Waals surface area contributed by atoms with Gasteiger partial charge in [-0.3, -0.25) is 28.8 Å². The minimum Gasteiger partial charge on any atom is -0.503 e. The number of aromatic nitrogens is 2. The number of ether oxygens (including phenoxy) is 3. The van der Waals surface area contributed by atoms with Gasteiger partial charge >= 0.3 is 0 Å². The summed E-state index contributed by atoms with van der Waals surface area (Å²) < 4.78 is 74.4. The van der Waals surface area contributed by atoms with Crippen LogP contribution in [-0.4, -0.2) is 85.2 Å². The molecule has 4 aliphatic rings. The first kappa shape index (κ1) is 55.4. The van der Waals surface area contributed by atoms with Crippen molar-refractivity contribution in [2.24, 2.45) is 0 Å². The molecule has 4 atom stereocenters. The fraction of sp³-hybridized carbons (Fsp3) is 0.340. The molecule has 70 heavy (non-hydrogen) atoms. The van der Waals surface area contributed by atoms with Gasteiger partial charge in [-0.1, -0.05) is 42.5 Å². The van der Waals surface area contributed by atoms with Crippen LogP contribution < -0.4 is 15.6 Å². The zero-order chi connectivity index (χ0) is 47.7. The SMILES string of the molecule is C[C@@H]1CCO[C@H]2Cn3cc(C(=O)CCc4ccc(F)cc4F)c(=O)c(O)c3C(=O)N12.C[C@@H]1CCO[C@H]2Cn3cc(C(=O)CCc4ccc(F)cc4F)c(=O)c(OCc4ccccc4)c3C(=O)N12.I.[CH3-].[Pd]. The normalized spacial score (nSPS) is 18.8. The summed E-state index contributed by atoms with van der Waals surface area (Å²) in [7, 11) is 0. The van der Waals surface area contributed by atoms with Crippen molar-refractivity contribution in [2.75, 3.05) is 13.2 Å². The Morgan fingerprint density at radius 3 is 1.63 bits per heavy atom. The molecule has 6 heterocycles. The Morgan fingerprint density at radius 1 is 0.686 bits per heavy atom. The molecule has 9 rings (SSSR count). The van der Waals surface area contributed by atoms with Crippen molar-refractivity contribution in [1.82, 2.24) is 18.9 Å². The first-order valence-corrected chi connectivity index (χ1v) is 21.8. The number of hydrogen-bond acceptors (Lipinski definition) is 10. The number of ketones is 2. The molecular weight excluding hydrogens is 1130 g/mol. The van der Waals surface area contributed by atoms with Crippen molar-refractivity contribution >= 4 is 47.4 Å². The maximum absolute atomic E-state index is 14.1. The van der Waals surface area contributed by atoms with E-state index in [1.54, 1.807) is 9.47 Å². The molecule has 0 radical (unpaired) electrons. The second-order valence-corrected chi connectivity index (χ2v) is 16.9. The Balaban J connectivity index is 0.000000255. The van der Waals surface area contributed by atoms with E-state index in [9.17, 15) is 51.4 Å². The minimum atomic E-state index is -0.941. The molecule has 14 nitrogen and oxygen atoms in total. The third-order valence-corrected chi connectivity index (χ3v) is 12.4. The van der Waals surface area contributed by atoms with Gasteiger partial charge in [-0.05, 0) is 68.4 Å². The first-order chi connectivity index (χ1) is 32.1. The summed E-state index contributed by atoms with van der Waals surface area (Å²) in [5, 5.41) is 10.4. The summed E-state index contributed by atoms with van der Waals surface area (Å²) in [5.74, 6) is -5.99. The Morgan fingerprint density at radius 2 is 1.14 bits per heavy atom. The molecule has 2 saturated heterocycles. The summed E-state index contributed by atoms with van der Waals surface area (Å²) in [6, 6.07) is 15.2. The van der Waals surface area contributed by atoms with Gasteiger partial charge in [0.1, 0.15) is 29.9 Å². The van der Waals surface area contributed by atoms with Crippen molar-refractivity contribution in [3.05, 3.63) is 169 Å². The van der Waals surface area contributed by atoms with Crippen LogP contribution in [0.25, 0.3) is 0 Å². The van der Waals surface area contributed by atoms with E-state index in [0.717, 1.165) is 29.8 Å². The average Bonchev–Trinajstić information content (AvgIpc) is 3.29. The van der Waals surface area contributed by atoms with Crippen LogP contribution in [0.4, 0.5) is 17.6 Å². The second-order valence-electron chi connectivity index (χ2n) is 16.9. The number of hydrogen-bond donors (Lipinski definition) is 1. The van der Waals surface area contributed by atoms with Crippen molar-refractivity contribution < 1.29 is 76.5 Å². The van der Waals surface area contributed by atoms with Crippen molar-refractivity contribution in [3.63, 3.8) is 0 Å². The van der Waals surface area contributed by atoms with E-state index in [1.807, 2.05) is 44.2 Å². The fourth-order valence-corrected chi connectivity index (χ4v) is 8.78. The molecule has 2 aromatic heterocycles. The van der Waals surface area contributed by atoms with Gasteiger partial charge in [0, 0.05) is 69.9 Å². The number of aromatic hydroxyl groups is 1. The van der Waals surface area contributed by atoms with Gasteiger partial charge in [-0.2, -0.15) is 0 Å². The molecule has 0 spiro atoms. The Labute approximate surface area is 431 Å². The third kappa shape index (κ3) is 11.5. The van der Waals surface area contributed by atoms with Crippen LogP contribution in [0.5, 0.6) is 11.5 Å². The molecule has 0 bridgehead atoms. The van der Waals surface area contributed by atoms with Crippen LogP contribution in [0.15, 0.2) is 88.7 Å². The molecule has 0 aliphatic carbocycles. The maximum Gasteiger partial charge on any atom is 0.276 e. The van der Waals surface area contributed by atoms with Crippen LogP contribution in [0, 0.1) is 30.7 Å². The Hall–Kier alpha value is -5.53. The zero-order valence-corrected chi connectivity index (χ0v) is 42.1. The third-order valence-electron chi connectivity index (χ3n) is 12.4. The molecule has 5 aromatic rings. The van der Waals surface area contributed by atoms with E-state index in [-0.39, 0.29) is 149 Å². The summed E-state index contributed by atoms with van der Waals surface area (Å²) in [5.41, 5.74) is -1.06. The van der Waals surface area contributed by atoms with Gasteiger partial charge in [-0.25, -0.2) is 17.6 Å². The van der Waals surface area contributed by atoms with Crippen molar-refractivity contribution in [1.29, 1.82) is 0 Å². The van der Waals surface area contributed by atoms with E-state index in [0.29, 0.717) is 26.1 Å². The number of carbonyl (C=O) groups is 4. The number of pyridine rings is 2.